The molecule has 0 spiro atoms. The lowest BCUT2D eigenvalue weighted by Crippen LogP contribution is -2.20. The monoisotopic (exact) mass is 464 g/mol. The predicted molar refractivity (Wildman–Crippen MR) is 99.8 cm³/mol. The van der Waals surface area contributed by atoms with Gasteiger partial charge in [-0.3, -0.25) is 14.1 Å². The summed E-state index contributed by atoms with van der Waals surface area (Å²) in [5.41, 5.74) is -1.57. The zero-order valence-electron chi connectivity index (χ0n) is 15.0. The molecule has 0 aliphatic carbocycles. The molecule has 3 aromatic rings. The molecule has 0 unspecified atom stereocenters. The zero-order chi connectivity index (χ0) is 22.3. The van der Waals surface area contributed by atoms with Gasteiger partial charge in [0.15, 0.2) is 5.58 Å². The van der Waals surface area contributed by atoms with Crippen molar-refractivity contribution < 1.29 is 35.5 Å². The Morgan fingerprint density at radius 2 is 1.93 bits per heavy atom. The number of hydrogen-bond acceptors (Lipinski definition) is 6. The van der Waals surface area contributed by atoms with E-state index < -0.39 is 45.1 Å². The maximum Gasteiger partial charge on any atom is 0.420 e. The van der Waals surface area contributed by atoms with Gasteiger partial charge in [-0.15, -0.1) is 0 Å². The van der Waals surface area contributed by atoms with Crippen LogP contribution in [0.4, 0.5) is 18.9 Å². The van der Waals surface area contributed by atoms with Crippen LogP contribution in [0, 0.1) is 0 Å². The molecule has 0 amide bonds. The number of carbonyl (C=O) groups is 1. The minimum absolute atomic E-state index is 0.134. The van der Waals surface area contributed by atoms with Gasteiger partial charge in [0.25, 0.3) is 10.0 Å². The number of nitrogens with zero attached hydrogens (tertiary/aromatic N) is 1. The van der Waals surface area contributed by atoms with Crippen LogP contribution in [0.15, 0.2) is 50.5 Å². The van der Waals surface area contributed by atoms with Crippen LogP contribution in [-0.4, -0.2) is 26.1 Å². The van der Waals surface area contributed by atoms with Crippen molar-refractivity contribution >= 4 is 44.4 Å². The average molecular weight is 465 g/mol. The van der Waals surface area contributed by atoms with E-state index >= 15 is 0 Å². The Morgan fingerprint density at radius 1 is 1.23 bits per heavy atom. The molecule has 160 valence electrons. The lowest BCUT2D eigenvalue weighted by molar-refractivity contribution is -0.141. The molecule has 0 atom stereocenters. The van der Waals surface area contributed by atoms with Crippen molar-refractivity contribution in [2.45, 2.75) is 17.6 Å². The second-order valence-electron chi connectivity index (χ2n) is 5.96. The first-order chi connectivity index (χ1) is 13.9. The van der Waals surface area contributed by atoms with Crippen LogP contribution in [-0.2, 0) is 32.3 Å². The van der Waals surface area contributed by atoms with Gasteiger partial charge >= 0.3 is 17.9 Å². The number of anilines is 1. The summed E-state index contributed by atoms with van der Waals surface area (Å²) >= 11 is 5.52. The summed E-state index contributed by atoms with van der Waals surface area (Å²) in [7, 11) is -3.20. The summed E-state index contributed by atoms with van der Waals surface area (Å²) < 4.78 is 76.5. The molecule has 0 bridgehead atoms. The lowest BCUT2D eigenvalue weighted by Gasteiger charge is -2.13. The SMILES string of the molecule is COC(=O)Cn1c(=O)oc2cc(S(=O)(=O)Nc3ccc(Cl)c(C(F)(F)F)c3)ccc21. The highest BCUT2D eigenvalue weighted by Crippen LogP contribution is 2.36. The molecule has 13 heteroatoms. The van der Waals surface area contributed by atoms with E-state index in [-0.39, 0.29) is 21.7 Å². The van der Waals surface area contributed by atoms with E-state index in [0.717, 1.165) is 35.9 Å². The van der Waals surface area contributed by atoms with E-state index in [1.807, 2.05) is 4.72 Å². The number of carbonyl (C=O) groups excluding carboxylic acids is 1. The number of hydrogen-bond donors (Lipinski definition) is 1. The molecular formula is C17H12ClF3N2O6S. The van der Waals surface area contributed by atoms with Crippen LogP contribution >= 0.6 is 11.6 Å². The minimum Gasteiger partial charge on any atom is -0.468 e. The number of esters is 1. The third-order valence-electron chi connectivity index (χ3n) is 3.99. The smallest absolute Gasteiger partial charge is 0.420 e. The summed E-state index contributed by atoms with van der Waals surface area (Å²) in [5, 5.41) is -0.583. The van der Waals surface area contributed by atoms with E-state index in [9.17, 15) is 31.2 Å². The first-order valence-electron chi connectivity index (χ1n) is 8.02. The number of rotatable bonds is 5. The Labute approximate surface area is 171 Å². The fraction of sp³-hybridized carbons (Fsp3) is 0.176. The normalized spacial score (nSPS) is 12.2. The number of nitrogens with one attached hydrogen (secondary N) is 1. The largest absolute Gasteiger partial charge is 0.468 e. The second kappa shape index (κ2) is 7.69. The van der Waals surface area contributed by atoms with Gasteiger partial charge in [-0.25, -0.2) is 13.2 Å². The van der Waals surface area contributed by atoms with Gasteiger partial charge in [0.05, 0.1) is 28.1 Å². The quantitative estimate of drug-likeness (QED) is 0.581. The Bertz CT molecular complexity index is 1300. The third kappa shape index (κ3) is 4.28. The molecular weight excluding hydrogens is 453 g/mol. The summed E-state index contributed by atoms with van der Waals surface area (Å²) in [4.78, 5) is 22.9. The van der Waals surface area contributed by atoms with Crippen molar-refractivity contribution in [3.05, 3.63) is 57.5 Å². The summed E-state index contributed by atoms with van der Waals surface area (Å²) in [5.74, 6) is -1.63. The molecule has 0 saturated carbocycles. The maximum atomic E-state index is 13.0. The van der Waals surface area contributed by atoms with Crippen LogP contribution in [0.25, 0.3) is 11.1 Å². The number of aromatic nitrogens is 1. The van der Waals surface area contributed by atoms with E-state index in [2.05, 4.69) is 4.74 Å². The molecule has 0 fully saturated rings. The van der Waals surface area contributed by atoms with Crippen LogP contribution in [0.5, 0.6) is 0 Å². The second-order valence-corrected chi connectivity index (χ2v) is 8.05. The van der Waals surface area contributed by atoms with E-state index in [4.69, 9.17) is 16.0 Å². The van der Waals surface area contributed by atoms with Gasteiger partial charge < -0.3 is 9.15 Å². The number of ether oxygens (including phenoxy) is 1. The molecule has 2 aromatic carbocycles. The van der Waals surface area contributed by atoms with Crippen molar-refractivity contribution in [2.75, 3.05) is 11.8 Å². The van der Waals surface area contributed by atoms with Gasteiger partial charge in [0.1, 0.15) is 6.54 Å². The summed E-state index contributed by atoms with van der Waals surface area (Å²) in [6.45, 7) is -0.447. The summed E-state index contributed by atoms with van der Waals surface area (Å²) in [6.07, 6.45) is -4.77. The lowest BCUT2D eigenvalue weighted by atomic mass is 10.2. The summed E-state index contributed by atoms with van der Waals surface area (Å²) in [6, 6.07) is 5.88. The first kappa shape index (κ1) is 21.7. The number of sulfonamides is 1. The predicted octanol–water partition coefficient (Wildman–Crippen LogP) is 3.24. The molecule has 1 aromatic heterocycles. The van der Waals surface area contributed by atoms with Crippen molar-refractivity contribution in [2.24, 2.45) is 0 Å². The maximum absolute atomic E-state index is 13.0. The number of fused-ring (bicyclic) bond motifs is 1. The molecule has 8 nitrogen and oxygen atoms in total. The third-order valence-corrected chi connectivity index (χ3v) is 5.70. The number of alkyl halides is 3. The van der Waals surface area contributed by atoms with Crippen molar-refractivity contribution in [3.63, 3.8) is 0 Å². The number of benzene rings is 2. The van der Waals surface area contributed by atoms with Gasteiger partial charge in [0, 0.05) is 11.8 Å². The van der Waals surface area contributed by atoms with E-state index in [1.54, 1.807) is 0 Å². The highest BCUT2D eigenvalue weighted by Gasteiger charge is 2.33. The Morgan fingerprint density at radius 3 is 2.57 bits per heavy atom. The zero-order valence-corrected chi connectivity index (χ0v) is 16.6. The molecule has 1 heterocycles. The van der Waals surface area contributed by atoms with Gasteiger partial charge in [-0.05, 0) is 30.3 Å². The number of halogens is 4. The van der Waals surface area contributed by atoms with E-state index in [0.29, 0.717) is 6.07 Å². The Balaban J connectivity index is 1.97. The standard InChI is InChI=1S/C17H12ClF3N2O6S/c1-28-15(24)8-23-13-5-3-10(7-14(13)29-16(23)25)30(26,27)22-9-2-4-12(18)11(6-9)17(19,20)21/h2-7,22H,8H2,1H3. The van der Waals surface area contributed by atoms with Crippen molar-refractivity contribution in [1.29, 1.82) is 0 Å². The molecule has 3 rings (SSSR count). The fourth-order valence-corrected chi connectivity index (χ4v) is 3.87. The molecule has 1 N–H and O–H groups in total. The minimum atomic E-state index is -4.77. The van der Waals surface area contributed by atoms with Gasteiger partial charge in [-0.2, -0.15) is 13.2 Å². The van der Waals surface area contributed by atoms with Crippen LogP contribution in [0.3, 0.4) is 0 Å². The topological polar surface area (TPSA) is 108 Å². The molecule has 0 radical (unpaired) electrons. The van der Waals surface area contributed by atoms with Gasteiger partial charge in [-0.1, -0.05) is 11.6 Å². The number of methoxy groups -OCH3 is 1. The van der Waals surface area contributed by atoms with Crippen LogP contribution < -0.4 is 10.5 Å². The molecule has 0 aliphatic heterocycles. The van der Waals surface area contributed by atoms with Gasteiger partial charge in [0.2, 0.25) is 0 Å². The number of oxazole rings is 1. The van der Waals surface area contributed by atoms with Crippen LogP contribution in [0.1, 0.15) is 5.56 Å². The highest BCUT2D eigenvalue weighted by atomic mass is 35.5. The van der Waals surface area contributed by atoms with Crippen molar-refractivity contribution in [1.82, 2.24) is 4.57 Å². The fourth-order valence-electron chi connectivity index (χ4n) is 2.58. The van der Waals surface area contributed by atoms with Crippen molar-refractivity contribution in [3.8, 4) is 0 Å². The van der Waals surface area contributed by atoms with E-state index in [1.165, 1.54) is 6.07 Å². The highest BCUT2D eigenvalue weighted by molar-refractivity contribution is 7.92. The Hall–Kier alpha value is -2.99. The Kier molecular flexibility index (Phi) is 5.56. The molecule has 0 aliphatic rings. The van der Waals surface area contributed by atoms with Crippen LogP contribution in [0.2, 0.25) is 5.02 Å². The average Bonchev–Trinajstić information content (AvgIpc) is 2.96. The molecule has 30 heavy (non-hydrogen) atoms. The first-order valence-corrected chi connectivity index (χ1v) is 9.88. The molecule has 0 saturated heterocycles.